The first kappa shape index (κ1) is 21.8. The molecule has 0 bridgehead atoms. The zero-order valence-corrected chi connectivity index (χ0v) is 17.8. The minimum absolute atomic E-state index is 0.0372. The van der Waals surface area contributed by atoms with Crippen molar-refractivity contribution >= 4 is 27.7 Å². The van der Waals surface area contributed by atoms with Crippen molar-refractivity contribution in [2.45, 2.75) is 36.1 Å². The molecule has 0 spiro atoms. The third kappa shape index (κ3) is 4.34. The van der Waals surface area contributed by atoms with Crippen molar-refractivity contribution in [2.24, 2.45) is 0 Å². The first-order chi connectivity index (χ1) is 13.7. The lowest BCUT2D eigenvalue weighted by atomic mass is 10.0. The molecule has 9 heteroatoms. The van der Waals surface area contributed by atoms with Crippen LogP contribution in [0.4, 0.5) is 0 Å². The lowest BCUT2D eigenvalue weighted by molar-refractivity contribution is -0.134. The molecule has 2 aromatic rings. The van der Waals surface area contributed by atoms with E-state index in [9.17, 15) is 13.2 Å². The third-order valence-electron chi connectivity index (χ3n) is 5.02. The van der Waals surface area contributed by atoms with Crippen molar-refractivity contribution in [1.29, 1.82) is 0 Å². The summed E-state index contributed by atoms with van der Waals surface area (Å²) in [5, 5.41) is 18.3. The van der Waals surface area contributed by atoms with Crippen LogP contribution in [0.15, 0.2) is 53.4 Å². The molecule has 0 unspecified atom stereocenters. The van der Waals surface area contributed by atoms with Gasteiger partial charge in [-0.25, -0.2) is 13.9 Å². The number of amides is 1. The second kappa shape index (κ2) is 8.45. The number of hydrogen-bond acceptors (Lipinski definition) is 6. The van der Waals surface area contributed by atoms with Gasteiger partial charge in [0.25, 0.3) is 5.91 Å². The predicted molar refractivity (Wildman–Crippen MR) is 112 cm³/mol. The Morgan fingerprint density at radius 1 is 1.14 bits per heavy atom. The Morgan fingerprint density at radius 3 is 2.21 bits per heavy atom. The summed E-state index contributed by atoms with van der Waals surface area (Å²) >= 11 is 1.49. The number of sulfonamides is 1. The van der Waals surface area contributed by atoms with Gasteiger partial charge in [-0.1, -0.05) is 36.4 Å². The number of aliphatic hydroxyl groups is 1. The highest BCUT2D eigenvalue weighted by Crippen LogP contribution is 2.38. The third-order valence-corrected chi connectivity index (χ3v) is 8.25. The largest absolute Gasteiger partial charge is 0.392 e. The monoisotopic (exact) mass is 436 g/mol. The highest BCUT2D eigenvalue weighted by atomic mass is 32.2. The molecule has 2 aromatic carbocycles. The molecule has 0 saturated carbocycles. The van der Waals surface area contributed by atoms with Gasteiger partial charge in [0.1, 0.15) is 6.04 Å². The quantitative estimate of drug-likeness (QED) is 0.490. The summed E-state index contributed by atoms with van der Waals surface area (Å²) in [5.41, 5.74) is 4.15. The van der Waals surface area contributed by atoms with E-state index in [0.29, 0.717) is 5.75 Å². The molecule has 3 rings (SSSR count). The Bertz CT molecular complexity index is 973. The number of rotatable bonds is 5. The lowest BCUT2D eigenvalue weighted by Gasteiger charge is -2.43. The SMILES string of the molecule is CC1(C)SCCN(S(=O)(=O)c2ccc(-c3ccc(CO)cc3)cc2)[C@H]1C(=O)NO. The van der Waals surface area contributed by atoms with Gasteiger partial charge < -0.3 is 5.11 Å². The summed E-state index contributed by atoms with van der Waals surface area (Å²) in [6.45, 7) is 3.72. The molecule has 1 aliphatic rings. The van der Waals surface area contributed by atoms with Crippen molar-refractivity contribution in [3.05, 3.63) is 54.1 Å². The maximum Gasteiger partial charge on any atom is 0.263 e. The number of thioether (sulfide) groups is 1. The highest BCUT2D eigenvalue weighted by Gasteiger charge is 2.48. The van der Waals surface area contributed by atoms with Gasteiger partial charge in [-0.05, 0) is 42.7 Å². The number of hydrogen-bond donors (Lipinski definition) is 3. The molecule has 29 heavy (non-hydrogen) atoms. The average molecular weight is 437 g/mol. The predicted octanol–water partition coefficient (Wildman–Crippen LogP) is 2.24. The highest BCUT2D eigenvalue weighted by molar-refractivity contribution is 8.00. The Morgan fingerprint density at radius 2 is 1.69 bits per heavy atom. The minimum Gasteiger partial charge on any atom is -0.392 e. The van der Waals surface area contributed by atoms with Crippen LogP contribution in [0.25, 0.3) is 11.1 Å². The number of hydroxylamine groups is 1. The summed E-state index contributed by atoms with van der Waals surface area (Å²) in [5.74, 6) is -0.192. The number of aliphatic hydroxyl groups excluding tert-OH is 1. The van der Waals surface area contributed by atoms with Crippen LogP contribution in [0.3, 0.4) is 0 Å². The van der Waals surface area contributed by atoms with Gasteiger partial charge in [-0.3, -0.25) is 10.0 Å². The molecule has 1 saturated heterocycles. The van der Waals surface area contributed by atoms with Gasteiger partial charge in [-0.15, -0.1) is 0 Å². The number of carbonyl (C=O) groups excluding carboxylic acids is 1. The molecule has 0 aromatic heterocycles. The topological polar surface area (TPSA) is 107 Å². The first-order valence-electron chi connectivity index (χ1n) is 9.10. The Hall–Kier alpha value is -1.91. The van der Waals surface area contributed by atoms with E-state index in [-0.39, 0.29) is 18.0 Å². The van der Waals surface area contributed by atoms with Crippen LogP contribution in [-0.2, 0) is 21.4 Å². The second-order valence-corrected chi connectivity index (χ2v) is 11.0. The normalized spacial score (nSPS) is 19.7. The number of benzene rings is 2. The Kier molecular flexibility index (Phi) is 6.35. The summed E-state index contributed by atoms with van der Waals surface area (Å²) in [6, 6.07) is 12.8. The Balaban J connectivity index is 1.92. The molecule has 1 atom stereocenters. The van der Waals surface area contributed by atoms with Crippen molar-refractivity contribution in [2.75, 3.05) is 12.3 Å². The molecule has 7 nitrogen and oxygen atoms in total. The van der Waals surface area contributed by atoms with Gasteiger partial charge >= 0.3 is 0 Å². The van der Waals surface area contributed by atoms with E-state index in [2.05, 4.69) is 0 Å². The van der Waals surface area contributed by atoms with Gasteiger partial charge in [-0.2, -0.15) is 16.1 Å². The summed E-state index contributed by atoms with van der Waals surface area (Å²) < 4.78 is 27.0. The maximum atomic E-state index is 13.3. The number of carbonyl (C=O) groups is 1. The summed E-state index contributed by atoms with van der Waals surface area (Å²) in [4.78, 5) is 12.4. The van der Waals surface area contributed by atoms with Crippen LogP contribution in [0.2, 0.25) is 0 Å². The molecule has 1 heterocycles. The standard InChI is InChI=1S/C20H24N2O5S2/c1-20(2)18(19(24)21-25)22(11-12-28-20)29(26,27)17-9-7-16(8-10-17)15-5-3-14(13-23)4-6-15/h3-10,18,23,25H,11-13H2,1-2H3,(H,21,24)/t18-/m0/s1. The molecule has 0 aliphatic carbocycles. The molecule has 1 aliphatic heterocycles. The summed E-state index contributed by atoms with van der Waals surface area (Å²) in [6.07, 6.45) is 0. The lowest BCUT2D eigenvalue weighted by Crippen LogP contribution is -2.61. The molecule has 3 N–H and O–H groups in total. The fourth-order valence-corrected chi connectivity index (χ4v) is 6.59. The number of nitrogens with one attached hydrogen (secondary N) is 1. The van der Waals surface area contributed by atoms with Gasteiger partial charge in [0.2, 0.25) is 10.0 Å². The van der Waals surface area contributed by atoms with Crippen molar-refractivity contribution in [1.82, 2.24) is 9.79 Å². The zero-order valence-electron chi connectivity index (χ0n) is 16.2. The van der Waals surface area contributed by atoms with E-state index >= 15 is 0 Å². The Labute approximate surface area is 174 Å². The van der Waals surface area contributed by atoms with Crippen molar-refractivity contribution in [3.8, 4) is 11.1 Å². The molecule has 1 amide bonds. The van der Waals surface area contributed by atoms with Gasteiger partial charge in [0, 0.05) is 17.0 Å². The van der Waals surface area contributed by atoms with E-state index in [1.807, 2.05) is 24.3 Å². The minimum atomic E-state index is -3.93. The van der Waals surface area contributed by atoms with Crippen LogP contribution in [0.1, 0.15) is 19.4 Å². The summed E-state index contributed by atoms with van der Waals surface area (Å²) in [7, 11) is -3.93. The van der Waals surface area contributed by atoms with Gasteiger partial charge in [0.05, 0.1) is 11.5 Å². The second-order valence-electron chi connectivity index (χ2n) is 7.33. The van der Waals surface area contributed by atoms with Crippen LogP contribution in [-0.4, -0.2) is 52.0 Å². The van der Waals surface area contributed by atoms with Crippen molar-refractivity contribution < 1.29 is 23.5 Å². The first-order valence-corrected chi connectivity index (χ1v) is 11.5. The van der Waals surface area contributed by atoms with Crippen LogP contribution in [0.5, 0.6) is 0 Å². The van der Waals surface area contributed by atoms with E-state index < -0.39 is 26.7 Å². The fraction of sp³-hybridized carbons (Fsp3) is 0.350. The molecule has 0 radical (unpaired) electrons. The number of nitrogens with zero attached hydrogens (tertiary/aromatic N) is 1. The fourth-order valence-electron chi connectivity index (χ4n) is 3.48. The van der Waals surface area contributed by atoms with E-state index in [4.69, 9.17) is 10.3 Å². The molecular weight excluding hydrogens is 412 g/mol. The molecule has 156 valence electrons. The van der Waals surface area contributed by atoms with Crippen LogP contribution >= 0.6 is 11.8 Å². The average Bonchev–Trinajstić information content (AvgIpc) is 2.72. The van der Waals surface area contributed by atoms with Crippen LogP contribution in [0, 0.1) is 0 Å². The zero-order chi connectivity index (χ0) is 21.2. The van der Waals surface area contributed by atoms with E-state index in [0.717, 1.165) is 16.7 Å². The van der Waals surface area contributed by atoms with Gasteiger partial charge in [0.15, 0.2) is 0 Å². The van der Waals surface area contributed by atoms with Crippen LogP contribution < -0.4 is 5.48 Å². The van der Waals surface area contributed by atoms with E-state index in [1.54, 1.807) is 31.5 Å². The molecular formula is C20H24N2O5S2. The maximum absolute atomic E-state index is 13.3. The molecule has 1 fully saturated rings. The van der Waals surface area contributed by atoms with E-state index in [1.165, 1.54) is 28.2 Å². The smallest absolute Gasteiger partial charge is 0.263 e. The van der Waals surface area contributed by atoms with Crippen molar-refractivity contribution in [3.63, 3.8) is 0 Å².